The van der Waals surface area contributed by atoms with E-state index in [2.05, 4.69) is 26.9 Å². The van der Waals surface area contributed by atoms with E-state index < -0.39 is 0 Å². The summed E-state index contributed by atoms with van der Waals surface area (Å²) in [4.78, 5) is 2.39. The Labute approximate surface area is 130 Å². The van der Waals surface area contributed by atoms with Crippen molar-refractivity contribution >= 4 is 0 Å². The number of hydrogen-bond acceptors (Lipinski definition) is 5. The second-order valence-electron chi connectivity index (χ2n) is 5.63. The number of fused-ring (bicyclic) bond motifs is 1. The van der Waals surface area contributed by atoms with E-state index in [1.165, 1.54) is 11.3 Å². The normalized spacial score (nSPS) is 18.4. The SMILES string of the molecule is C=CCOC[C@H]1c2nnn(C)c2CCN1Cc1cnn(C)c1. The first kappa shape index (κ1) is 14.9. The molecule has 1 aliphatic rings. The van der Waals surface area contributed by atoms with Gasteiger partial charge in [-0.05, 0) is 0 Å². The van der Waals surface area contributed by atoms with Crippen LogP contribution in [0.4, 0.5) is 0 Å². The lowest BCUT2D eigenvalue weighted by Crippen LogP contribution is -2.38. The van der Waals surface area contributed by atoms with Gasteiger partial charge in [-0.15, -0.1) is 11.7 Å². The molecule has 3 rings (SSSR count). The topological polar surface area (TPSA) is 61.0 Å². The third-order valence-corrected chi connectivity index (χ3v) is 4.02. The van der Waals surface area contributed by atoms with Crippen molar-refractivity contribution in [3.63, 3.8) is 0 Å². The lowest BCUT2D eigenvalue weighted by atomic mass is 10.0. The van der Waals surface area contributed by atoms with E-state index in [0.717, 1.165) is 25.2 Å². The van der Waals surface area contributed by atoms with Gasteiger partial charge in [0.15, 0.2) is 0 Å². The Morgan fingerprint density at radius 1 is 1.45 bits per heavy atom. The van der Waals surface area contributed by atoms with Crippen LogP contribution in [0.5, 0.6) is 0 Å². The molecule has 118 valence electrons. The lowest BCUT2D eigenvalue weighted by Gasteiger charge is -2.34. The quantitative estimate of drug-likeness (QED) is 0.585. The molecule has 0 aromatic carbocycles. The average molecular weight is 302 g/mol. The monoisotopic (exact) mass is 302 g/mol. The second kappa shape index (κ2) is 6.41. The molecule has 0 unspecified atom stereocenters. The molecule has 7 heteroatoms. The molecule has 0 N–H and O–H groups in total. The van der Waals surface area contributed by atoms with Gasteiger partial charge >= 0.3 is 0 Å². The van der Waals surface area contributed by atoms with Crippen LogP contribution in [0.3, 0.4) is 0 Å². The van der Waals surface area contributed by atoms with Crippen LogP contribution in [0, 0.1) is 0 Å². The van der Waals surface area contributed by atoms with Crippen LogP contribution in [-0.2, 0) is 31.8 Å². The van der Waals surface area contributed by atoms with Gasteiger partial charge < -0.3 is 4.74 Å². The fourth-order valence-electron chi connectivity index (χ4n) is 2.94. The zero-order chi connectivity index (χ0) is 15.5. The summed E-state index contributed by atoms with van der Waals surface area (Å²) >= 11 is 0. The maximum Gasteiger partial charge on any atom is 0.105 e. The molecule has 7 nitrogen and oxygen atoms in total. The van der Waals surface area contributed by atoms with Crippen LogP contribution in [0.15, 0.2) is 25.0 Å². The molecule has 3 heterocycles. The highest BCUT2D eigenvalue weighted by Gasteiger charge is 2.31. The number of ether oxygens (including phenoxy) is 1. The molecular weight excluding hydrogens is 280 g/mol. The Morgan fingerprint density at radius 3 is 3.05 bits per heavy atom. The summed E-state index contributed by atoms with van der Waals surface area (Å²) in [5.41, 5.74) is 3.43. The number of hydrogen-bond donors (Lipinski definition) is 0. The predicted octanol–water partition coefficient (Wildman–Crippen LogP) is 0.851. The molecule has 0 radical (unpaired) electrons. The van der Waals surface area contributed by atoms with Crippen LogP contribution in [0.2, 0.25) is 0 Å². The van der Waals surface area contributed by atoms with Gasteiger partial charge in [-0.3, -0.25) is 14.3 Å². The molecule has 0 fully saturated rings. The van der Waals surface area contributed by atoms with Crippen molar-refractivity contribution < 1.29 is 4.74 Å². The molecule has 1 aliphatic heterocycles. The van der Waals surface area contributed by atoms with Gasteiger partial charge in [0.25, 0.3) is 0 Å². The number of aromatic nitrogens is 5. The summed E-state index contributed by atoms with van der Waals surface area (Å²) in [5.74, 6) is 0. The van der Waals surface area contributed by atoms with Crippen molar-refractivity contribution in [3.8, 4) is 0 Å². The highest BCUT2D eigenvalue weighted by Crippen LogP contribution is 2.29. The summed E-state index contributed by atoms with van der Waals surface area (Å²) < 4.78 is 9.41. The van der Waals surface area contributed by atoms with Crippen molar-refractivity contribution in [2.24, 2.45) is 14.1 Å². The van der Waals surface area contributed by atoms with Crippen LogP contribution in [0.1, 0.15) is 23.0 Å². The van der Waals surface area contributed by atoms with Crippen LogP contribution in [0.25, 0.3) is 0 Å². The van der Waals surface area contributed by atoms with Crippen LogP contribution in [-0.4, -0.2) is 49.4 Å². The second-order valence-corrected chi connectivity index (χ2v) is 5.63. The smallest absolute Gasteiger partial charge is 0.105 e. The van der Waals surface area contributed by atoms with Gasteiger partial charge in [-0.1, -0.05) is 11.3 Å². The summed E-state index contributed by atoms with van der Waals surface area (Å²) in [6.45, 7) is 6.65. The zero-order valence-electron chi connectivity index (χ0n) is 13.1. The Bertz CT molecular complexity index is 646. The fourth-order valence-corrected chi connectivity index (χ4v) is 2.94. The molecule has 22 heavy (non-hydrogen) atoms. The van der Waals surface area contributed by atoms with E-state index in [4.69, 9.17) is 4.74 Å². The molecule has 2 aromatic rings. The van der Waals surface area contributed by atoms with E-state index in [9.17, 15) is 0 Å². The summed E-state index contributed by atoms with van der Waals surface area (Å²) in [6.07, 6.45) is 6.69. The minimum atomic E-state index is 0.123. The van der Waals surface area contributed by atoms with Gasteiger partial charge in [0, 0.05) is 45.4 Å². The first-order chi connectivity index (χ1) is 10.7. The first-order valence-electron chi connectivity index (χ1n) is 7.47. The number of aryl methyl sites for hydroxylation is 2. The summed E-state index contributed by atoms with van der Waals surface area (Å²) in [7, 11) is 3.88. The standard InChI is InChI=1S/C15H22N6O/c1-4-7-22-11-14-15-13(20(3)18-17-15)5-6-21(14)10-12-8-16-19(2)9-12/h4,8-9,14H,1,5-7,10-11H2,2-3H3/t14-/m0/s1. The average Bonchev–Trinajstić information content (AvgIpc) is 3.08. The maximum absolute atomic E-state index is 5.70. The Kier molecular flexibility index (Phi) is 4.35. The number of nitrogens with zero attached hydrogens (tertiary/aromatic N) is 6. The van der Waals surface area contributed by atoms with Crippen LogP contribution < -0.4 is 0 Å². The molecule has 0 spiro atoms. The Morgan fingerprint density at radius 2 is 2.32 bits per heavy atom. The maximum atomic E-state index is 5.70. The van der Waals surface area contributed by atoms with Gasteiger partial charge in [-0.25, -0.2) is 0 Å². The third kappa shape index (κ3) is 2.95. The Hall–Kier alpha value is -1.99. The highest BCUT2D eigenvalue weighted by atomic mass is 16.5. The van der Waals surface area contributed by atoms with E-state index in [1.54, 1.807) is 6.08 Å². The van der Waals surface area contributed by atoms with E-state index >= 15 is 0 Å². The minimum Gasteiger partial charge on any atom is -0.375 e. The van der Waals surface area contributed by atoms with E-state index in [1.807, 2.05) is 35.9 Å². The third-order valence-electron chi connectivity index (χ3n) is 4.02. The minimum absolute atomic E-state index is 0.123. The summed E-state index contributed by atoms with van der Waals surface area (Å²) in [5, 5.41) is 12.8. The fraction of sp³-hybridized carbons (Fsp3) is 0.533. The van der Waals surface area contributed by atoms with Gasteiger partial charge in [0.1, 0.15) is 5.69 Å². The molecule has 0 saturated heterocycles. The molecule has 0 amide bonds. The zero-order valence-corrected chi connectivity index (χ0v) is 13.1. The molecule has 0 aliphatic carbocycles. The van der Waals surface area contributed by atoms with Crippen molar-refractivity contribution in [1.29, 1.82) is 0 Å². The lowest BCUT2D eigenvalue weighted by molar-refractivity contribution is 0.0599. The molecule has 0 bridgehead atoms. The van der Waals surface area contributed by atoms with Gasteiger partial charge in [-0.2, -0.15) is 5.10 Å². The van der Waals surface area contributed by atoms with Crippen molar-refractivity contribution in [1.82, 2.24) is 29.7 Å². The number of rotatable bonds is 6. The molecule has 2 aromatic heterocycles. The van der Waals surface area contributed by atoms with E-state index in [-0.39, 0.29) is 6.04 Å². The molecule has 1 atom stereocenters. The summed E-state index contributed by atoms with van der Waals surface area (Å²) in [6, 6.07) is 0.123. The first-order valence-corrected chi connectivity index (χ1v) is 7.47. The largest absolute Gasteiger partial charge is 0.375 e. The molecule has 0 saturated carbocycles. The van der Waals surface area contributed by atoms with E-state index in [0.29, 0.717) is 13.2 Å². The van der Waals surface area contributed by atoms with Crippen molar-refractivity contribution in [2.45, 2.75) is 19.0 Å². The molecular formula is C15H22N6O. The Balaban J connectivity index is 1.80. The van der Waals surface area contributed by atoms with Gasteiger partial charge in [0.05, 0.1) is 31.1 Å². The van der Waals surface area contributed by atoms with Crippen LogP contribution >= 0.6 is 0 Å². The predicted molar refractivity (Wildman–Crippen MR) is 82.1 cm³/mol. The highest BCUT2D eigenvalue weighted by molar-refractivity contribution is 5.20. The van der Waals surface area contributed by atoms with Crippen molar-refractivity contribution in [2.75, 3.05) is 19.8 Å². The van der Waals surface area contributed by atoms with Crippen molar-refractivity contribution in [3.05, 3.63) is 42.0 Å². The van der Waals surface area contributed by atoms with Gasteiger partial charge in [0.2, 0.25) is 0 Å².